The average molecular weight is 375 g/mol. The number of hydrogen-bond donors (Lipinski definition) is 1. The van der Waals surface area contributed by atoms with Gasteiger partial charge in [-0.15, -0.1) is 10.2 Å². The molecule has 1 N–H and O–H groups in total. The maximum absolute atomic E-state index is 12.8. The first-order valence-corrected chi connectivity index (χ1v) is 10.1. The second-order valence-corrected chi connectivity index (χ2v) is 7.02. The molecule has 0 saturated carbocycles. The number of anilines is 1. The van der Waals surface area contributed by atoms with Crippen LogP contribution in [0.15, 0.2) is 29.4 Å². The topological polar surface area (TPSA) is 72.3 Å². The normalized spacial score (nSPS) is 17.2. The van der Waals surface area contributed by atoms with Crippen molar-refractivity contribution in [2.75, 3.05) is 31.3 Å². The molecule has 140 valence electrons. The van der Waals surface area contributed by atoms with Crippen molar-refractivity contribution in [3.63, 3.8) is 0 Å². The number of thioether (sulfide) groups is 1. The molecule has 1 aliphatic rings. The lowest BCUT2D eigenvalue weighted by Crippen LogP contribution is -2.42. The van der Waals surface area contributed by atoms with E-state index < -0.39 is 0 Å². The number of likely N-dealkylation sites (tertiary alicyclic amines) is 1. The van der Waals surface area contributed by atoms with Crippen LogP contribution in [0.25, 0.3) is 0 Å². The van der Waals surface area contributed by atoms with E-state index in [1.165, 1.54) is 0 Å². The molecule has 0 aliphatic carbocycles. The van der Waals surface area contributed by atoms with Crippen LogP contribution in [0.4, 0.5) is 10.5 Å². The van der Waals surface area contributed by atoms with Gasteiger partial charge in [0.25, 0.3) is 0 Å². The molecule has 1 fully saturated rings. The summed E-state index contributed by atoms with van der Waals surface area (Å²) >= 11 is 1.58. The van der Waals surface area contributed by atoms with Crippen LogP contribution in [-0.2, 0) is 7.05 Å². The molecule has 2 aromatic rings. The number of aromatic nitrogens is 3. The van der Waals surface area contributed by atoms with E-state index in [0.29, 0.717) is 24.6 Å². The number of rotatable bonds is 5. The van der Waals surface area contributed by atoms with Gasteiger partial charge in [0.1, 0.15) is 11.6 Å². The zero-order chi connectivity index (χ0) is 18.5. The van der Waals surface area contributed by atoms with Gasteiger partial charge in [-0.05, 0) is 38.2 Å². The number of nitrogens with one attached hydrogen (secondary N) is 1. The quantitative estimate of drug-likeness (QED) is 0.812. The van der Waals surface area contributed by atoms with Gasteiger partial charge in [-0.3, -0.25) is 0 Å². The van der Waals surface area contributed by atoms with Gasteiger partial charge in [-0.2, -0.15) is 0 Å². The average Bonchev–Trinajstić information content (AvgIpc) is 3.04. The zero-order valence-corrected chi connectivity index (χ0v) is 16.3. The largest absolute Gasteiger partial charge is 0.492 e. The maximum Gasteiger partial charge on any atom is 0.321 e. The Labute approximate surface area is 158 Å². The van der Waals surface area contributed by atoms with Crippen LogP contribution < -0.4 is 10.1 Å². The van der Waals surface area contributed by atoms with Gasteiger partial charge >= 0.3 is 6.03 Å². The third-order valence-corrected chi connectivity index (χ3v) is 5.27. The Balaban J connectivity index is 1.69. The molecule has 2 amide bonds. The van der Waals surface area contributed by atoms with Crippen molar-refractivity contribution in [1.29, 1.82) is 0 Å². The van der Waals surface area contributed by atoms with Gasteiger partial charge in [-0.1, -0.05) is 23.9 Å². The summed E-state index contributed by atoms with van der Waals surface area (Å²) in [6.45, 7) is 3.87. The molecule has 1 aliphatic heterocycles. The minimum absolute atomic E-state index is 0.103. The van der Waals surface area contributed by atoms with E-state index in [9.17, 15) is 4.79 Å². The number of hydrogen-bond acceptors (Lipinski definition) is 5. The lowest BCUT2D eigenvalue weighted by molar-refractivity contribution is 0.190. The number of piperidine rings is 1. The first-order valence-electron chi connectivity index (χ1n) is 8.85. The summed E-state index contributed by atoms with van der Waals surface area (Å²) in [4.78, 5) is 14.6. The van der Waals surface area contributed by atoms with Crippen molar-refractivity contribution in [3.05, 3.63) is 30.1 Å². The highest BCUT2D eigenvalue weighted by molar-refractivity contribution is 7.98. The minimum Gasteiger partial charge on any atom is -0.492 e. The second-order valence-electron chi connectivity index (χ2n) is 6.25. The highest BCUT2D eigenvalue weighted by atomic mass is 32.2. The predicted octanol–water partition coefficient (Wildman–Crippen LogP) is 3.35. The number of amides is 2. The van der Waals surface area contributed by atoms with Gasteiger partial charge in [0, 0.05) is 26.1 Å². The monoisotopic (exact) mass is 375 g/mol. The van der Waals surface area contributed by atoms with Gasteiger partial charge in [-0.25, -0.2) is 4.79 Å². The Morgan fingerprint density at radius 1 is 1.38 bits per heavy atom. The molecule has 2 heterocycles. The summed E-state index contributed by atoms with van der Waals surface area (Å²) in [6, 6.07) is 7.41. The molecule has 1 atom stereocenters. The summed E-state index contributed by atoms with van der Waals surface area (Å²) in [5.41, 5.74) is 0.699. The summed E-state index contributed by atoms with van der Waals surface area (Å²) < 4.78 is 7.62. The third-order valence-electron chi connectivity index (χ3n) is 4.55. The number of ether oxygens (including phenoxy) is 1. The third kappa shape index (κ3) is 3.95. The summed E-state index contributed by atoms with van der Waals surface area (Å²) in [5.74, 6) is 1.84. The molecule has 7 nitrogen and oxygen atoms in total. The molecule has 1 aromatic carbocycles. The summed E-state index contributed by atoms with van der Waals surface area (Å²) in [5, 5.41) is 12.4. The molecule has 0 spiro atoms. The molecular formula is C18H25N5O2S. The van der Waals surface area contributed by atoms with Crippen LogP contribution in [0.3, 0.4) is 0 Å². The van der Waals surface area contributed by atoms with E-state index >= 15 is 0 Å². The number of benzene rings is 1. The fourth-order valence-corrected chi connectivity index (χ4v) is 3.77. The van der Waals surface area contributed by atoms with Crippen LogP contribution in [-0.4, -0.2) is 51.6 Å². The Bertz CT molecular complexity index is 764. The molecule has 1 saturated heterocycles. The molecule has 1 aromatic heterocycles. The SMILES string of the molecule is CCOc1ccccc1NC(=O)N1CCC[C@H](c2nnc(SC)n2C)C1. The molecule has 0 unspecified atom stereocenters. The number of nitrogens with zero attached hydrogens (tertiary/aromatic N) is 4. The molecule has 26 heavy (non-hydrogen) atoms. The van der Waals surface area contributed by atoms with Crippen molar-refractivity contribution in [2.24, 2.45) is 7.05 Å². The standard InChI is InChI=1S/C18H25N5O2S/c1-4-25-15-10-6-5-9-14(15)19-17(24)23-11-7-8-13(12-23)16-20-21-18(26-3)22(16)2/h5-6,9-10,13H,4,7-8,11-12H2,1-3H3,(H,19,24)/t13-/m0/s1. The van der Waals surface area contributed by atoms with Gasteiger partial charge in [0.15, 0.2) is 5.16 Å². The van der Waals surface area contributed by atoms with Crippen LogP contribution in [0.5, 0.6) is 5.75 Å². The first-order chi connectivity index (χ1) is 12.6. The first kappa shape index (κ1) is 18.6. The highest BCUT2D eigenvalue weighted by Gasteiger charge is 2.28. The van der Waals surface area contributed by atoms with Crippen LogP contribution in [0.2, 0.25) is 0 Å². The van der Waals surface area contributed by atoms with Gasteiger partial charge in [0.2, 0.25) is 0 Å². The summed E-state index contributed by atoms with van der Waals surface area (Å²) in [6.07, 6.45) is 3.95. The minimum atomic E-state index is -0.103. The smallest absolute Gasteiger partial charge is 0.321 e. The second kappa shape index (κ2) is 8.44. The van der Waals surface area contributed by atoms with Crippen molar-refractivity contribution in [1.82, 2.24) is 19.7 Å². The predicted molar refractivity (Wildman–Crippen MR) is 103 cm³/mol. The lowest BCUT2D eigenvalue weighted by atomic mass is 9.97. The zero-order valence-electron chi connectivity index (χ0n) is 15.4. The van der Waals surface area contributed by atoms with Crippen LogP contribution >= 0.6 is 11.8 Å². The lowest BCUT2D eigenvalue weighted by Gasteiger charge is -2.32. The Hall–Kier alpha value is -2.22. The van der Waals surface area contributed by atoms with Crippen molar-refractivity contribution in [2.45, 2.75) is 30.8 Å². The Morgan fingerprint density at radius 3 is 2.92 bits per heavy atom. The van der Waals surface area contributed by atoms with Gasteiger partial charge in [0.05, 0.1) is 12.3 Å². The van der Waals surface area contributed by atoms with E-state index in [-0.39, 0.29) is 11.9 Å². The van der Waals surface area contributed by atoms with Crippen molar-refractivity contribution >= 4 is 23.5 Å². The molecule has 8 heteroatoms. The number of urea groups is 1. The molecule has 0 bridgehead atoms. The van der Waals surface area contributed by atoms with Gasteiger partial charge < -0.3 is 19.5 Å². The highest BCUT2D eigenvalue weighted by Crippen LogP contribution is 2.29. The molecular weight excluding hydrogens is 350 g/mol. The van der Waals surface area contributed by atoms with Crippen molar-refractivity contribution in [3.8, 4) is 5.75 Å². The Kier molecular flexibility index (Phi) is 6.03. The van der Waals surface area contributed by atoms with Crippen LogP contribution in [0.1, 0.15) is 31.5 Å². The number of carbonyl (C=O) groups is 1. The Morgan fingerprint density at radius 2 is 2.19 bits per heavy atom. The van der Waals surface area contributed by atoms with E-state index in [1.54, 1.807) is 11.8 Å². The van der Waals surface area contributed by atoms with E-state index in [0.717, 1.165) is 30.4 Å². The summed E-state index contributed by atoms with van der Waals surface area (Å²) in [7, 11) is 1.98. The van der Waals surface area contributed by atoms with Crippen molar-refractivity contribution < 1.29 is 9.53 Å². The van der Waals surface area contributed by atoms with E-state index in [4.69, 9.17) is 4.74 Å². The van der Waals surface area contributed by atoms with Crippen LogP contribution in [0, 0.1) is 0 Å². The molecule has 0 radical (unpaired) electrons. The maximum atomic E-state index is 12.8. The fourth-order valence-electron chi connectivity index (χ4n) is 3.28. The van der Waals surface area contributed by atoms with E-state index in [2.05, 4.69) is 15.5 Å². The number of para-hydroxylation sites is 2. The molecule has 3 rings (SSSR count). The number of carbonyl (C=O) groups excluding carboxylic acids is 1. The van der Waals surface area contributed by atoms with E-state index in [1.807, 2.05) is 54.0 Å². The fraction of sp³-hybridized carbons (Fsp3) is 0.500.